The normalized spacial score (nSPS) is 11.9. The molecule has 1 atom stereocenters. The summed E-state index contributed by atoms with van der Waals surface area (Å²) in [6, 6.07) is 11.1. The Bertz CT molecular complexity index is 1000. The quantitative estimate of drug-likeness (QED) is 0.518. The number of anilines is 1. The van der Waals surface area contributed by atoms with Crippen LogP contribution in [0.15, 0.2) is 47.3 Å². The van der Waals surface area contributed by atoms with Gasteiger partial charge in [0, 0.05) is 5.69 Å². The molecule has 0 spiro atoms. The van der Waals surface area contributed by atoms with E-state index < -0.39 is 18.0 Å². The Morgan fingerprint density at radius 2 is 1.81 bits per heavy atom. The summed E-state index contributed by atoms with van der Waals surface area (Å²) in [4.78, 5) is 40.6. The number of nitrogens with one attached hydrogen (secondary N) is 3. The van der Waals surface area contributed by atoms with Crippen LogP contribution in [-0.2, 0) is 20.7 Å². The van der Waals surface area contributed by atoms with Crippen LogP contribution in [0.5, 0.6) is 5.75 Å². The van der Waals surface area contributed by atoms with E-state index in [0.717, 1.165) is 0 Å². The second-order valence-corrected chi connectivity index (χ2v) is 5.80. The molecule has 1 heterocycles. The molecule has 3 aromatic rings. The summed E-state index contributed by atoms with van der Waals surface area (Å²) in [6.45, 7) is 1.47. The third-order valence-electron chi connectivity index (χ3n) is 3.75. The predicted octanol–water partition coefficient (Wildman–Crippen LogP) is 1.67. The van der Waals surface area contributed by atoms with Crippen LogP contribution >= 0.6 is 0 Å². The van der Waals surface area contributed by atoms with Gasteiger partial charge in [0.15, 0.2) is 6.10 Å². The van der Waals surface area contributed by atoms with Gasteiger partial charge < -0.3 is 25.1 Å². The van der Waals surface area contributed by atoms with Gasteiger partial charge in [-0.1, -0.05) is 12.1 Å². The molecule has 1 aromatic heterocycles. The lowest BCUT2D eigenvalue weighted by atomic mass is 10.1. The number of aromatic hydroxyl groups is 1. The molecule has 134 valence electrons. The van der Waals surface area contributed by atoms with Crippen LogP contribution in [0.1, 0.15) is 12.5 Å². The highest BCUT2D eigenvalue weighted by Gasteiger charge is 2.18. The van der Waals surface area contributed by atoms with Crippen molar-refractivity contribution in [1.29, 1.82) is 0 Å². The molecular weight excluding hydrogens is 338 g/mol. The fourth-order valence-electron chi connectivity index (χ4n) is 2.43. The van der Waals surface area contributed by atoms with Crippen LogP contribution in [0.3, 0.4) is 0 Å². The number of rotatable bonds is 5. The van der Waals surface area contributed by atoms with Crippen LogP contribution in [-0.4, -0.2) is 33.1 Å². The van der Waals surface area contributed by atoms with Crippen molar-refractivity contribution in [2.75, 3.05) is 5.32 Å². The number of benzene rings is 2. The number of aromatic nitrogens is 2. The van der Waals surface area contributed by atoms with Gasteiger partial charge in [0.1, 0.15) is 5.75 Å². The molecule has 0 unspecified atom stereocenters. The standard InChI is InChI=1S/C18H17N3O5/c1-10(26-16(23)8-11-2-5-13(22)6-3-11)17(24)19-12-4-7-14-15(9-12)21-18(25)20-14/h2-7,9-10,22H,8H2,1H3,(H,19,24)(H2,20,21,25)/t10-/m0/s1. The van der Waals surface area contributed by atoms with Crippen molar-refractivity contribution in [2.24, 2.45) is 0 Å². The zero-order valence-corrected chi connectivity index (χ0v) is 13.9. The van der Waals surface area contributed by atoms with E-state index in [4.69, 9.17) is 4.74 Å². The van der Waals surface area contributed by atoms with E-state index in [2.05, 4.69) is 15.3 Å². The van der Waals surface area contributed by atoms with Crippen LogP contribution in [0.4, 0.5) is 5.69 Å². The Morgan fingerprint density at radius 1 is 1.12 bits per heavy atom. The molecule has 4 N–H and O–H groups in total. The average Bonchev–Trinajstić information content (AvgIpc) is 2.96. The third-order valence-corrected chi connectivity index (χ3v) is 3.75. The van der Waals surface area contributed by atoms with Gasteiger partial charge in [0.2, 0.25) is 0 Å². The lowest BCUT2D eigenvalue weighted by Gasteiger charge is -2.13. The summed E-state index contributed by atoms with van der Waals surface area (Å²) in [5.74, 6) is -0.930. The number of aromatic amines is 2. The number of amides is 1. The Morgan fingerprint density at radius 3 is 2.54 bits per heavy atom. The van der Waals surface area contributed by atoms with Gasteiger partial charge in [-0.25, -0.2) is 4.79 Å². The molecular formula is C18H17N3O5. The lowest BCUT2D eigenvalue weighted by molar-refractivity contribution is -0.152. The van der Waals surface area contributed by atoms with E-state index in [9.17, 15) is 19.5 Å². The molecule has 8 nitrogen and oxygen atoms in total. The average molecular weight is 355 g/mol. The monoisotopic (exact) mass is 355 g/mol. The van der Waals surface area contributed by atoms with Crippen molar-refractivity contribution < 1.29 is 19.4 Å². The molecule has 0 fully saturated rings. The highest BCUT2D eigenvalue weighted by molar-refractivity contribution is 5.96. The number of H-pyrrole nitrogens is 2. The topological polar surface area (TPSA) is 124 Å². The first-order chi connectivity index (χ1) is 12.4. The van der Waals surface area contributed by atoms with Crippen LogP contribution in [0, 0.1) is 0 Å². The van der Waals surface area contributed by atoms with E-state index in [0.29, 0.717) is 22.3 Å². The fourth-order valence-corrected chi connectivity index (χ4v) is 2.43. The van der Waals surface area contributed by atoms with Crippen molar-refractivity contribution in [2.45, 2.75) is 19.4 Å². The SMILES string of the molecule is C[C@H](OC(=O)Cc1ccc(O)cc1)C(=O)Nc1ccc2[nH]c(=O)[nH]c2c1. The number of phenols is 1. The maximum absolute atomic E-state index is 12.2. The van der Waals surface area contributed by atoms with Crippen LogP contribution in [0.25, 0.3) is 11.0 Å². The molecule has 8 heteroatoms. The number of phenolic OH excluding ortho intramolecular Hbond substituents is 1. The second-order valence-electron chi connectivity index (χ2n) is 5.80. The Balaban J connectivity index is 1.58. The predicted molar refractivity (Wildman–Crippen MR) is 94.9 cm³/mol. The maximum atomic E-state index is 12.2. The van der Waals surface area contributed by atoms with Crippen LogP contribution in [0.2, 0.25) is 0 Å². The van der Waals surface area contributed by atoms with E-state index in [1.54, 1.807) is 30.3 Å². The van der Waals surface area contributed by atoms with Gasteiger partial charge in [0.05, 0.1) is 17.5 Å². The minimum atomic E-state index is -0.986. The highest BCUT2D eigenvalue weighted by Crippen LogP contribution is 2.15. The Hall–Kier alpha value is -3.55. The zero-order valence-electron chi connectivity index (χ0n) is 13.9. The number of carbonyl (C=O) groups excluding carboxylic acids is 2. The first-order valence-corrected chi connectivity index (χ1v) is 7.91. The number of ether oxygens (including phenoxy) is 1. The van der Waals surface area contributed by atoms with E-state index in [1.807, 2.05) is 0 Å². The summed E-state index contributed by atoms with van der Waals surface area (Å²) < 4.78 is 5.13. The Labute approximate surface area is 147 Å². The summed E-state index contributed by atoms with van der Waals surface area (Å²) in [5, 5.41) is 11.9. The van der Waals surface area contributed by atoms with Crippen molar-refractivity contribution >= 4 is 28.6 Å². The van der Waals surface area contributed by atoms with Gasteiger partial charge in [-0.15, -0.1) is 0 Å². The van der Waals surface area contributed by atoms with Crippen molar-refractivity contribution in [3.05, 3.63) is 58.5 Å². The molecule has 3 rings (SSSR count). The summed E-state index contributed by atoms with van der Waals surface area (Å²) >= 11 is 0. The van der Waals surface area contributed by atoms with Gasteiger partial charge >= 0.3 is 11.7 Å². The Kier molecular flexibility index (Phi) is 4.74. The summed E-state index contributed by atoms with van der Waals surface area (Å²) in [7, 11) is 0. The van der Waals surface area contributed by atoms with Crippen molar-refractivity contribution in [3.8, 4) is 5.75 Å². The smallest absolute Gasteiger partial charge is 0.323 e. The third kappa shape index (κ3) is 4.10. The number of imidazole rings is 1. The highest BCUT2D eigenvalue weighted by atomic mass is 16.5. The largest absolute Gasteiger partial charge is 0.508 e. The van der Waals surface area contributed by atoms with Crippen molar-refractivity contribution in [1.82, 2.24) is 9.97 Å². The van der Waals surface area contributed by atoms with Gasteiger partial charge in [0.25, 0.3) is 5.91 Å². The molecule has 0 saturated heterocycles. The number of hydrogen-bond donors (Lipinski definition) is 4. The summed E-state index contributed by atoms with van der Waals surface area (Å²) in [5.41, 5.74) is 1.99. The summed E-state index contributed by atoms with van der Waals surface area (Å²) in [6.07, 6.45) is -0.991. The lowest BCUT2D eigenvalue weighted by Crippen LogP contribution is -2.30. The molecule has 26 heavy (non-hydrogen) atoms. The van der Waals surface area contributed by atoms with Gasteiger partial charge in [-0.2, -0.15) is 0 Å². The number of fused-ring (bicyclic) bond motifs is 1. The van der Waals surface area contributed by atoms with Crippen molar-refractivity contribution in [3.63, 3.8) is 0 Å². The molecule has 0 radical (unpaired) electrons. The number of esters is 1. The molecule has 0 aliphatic heterocycles. The minimum Gasteiger partial charge on any atom is -0.508 e. The second kappa shape index (κ2) is 7.14. The molecule has 0 saturated carbocycles. The molecule has 1 amide bonds. The minimum absolute atomic E-state index is 0.00551. The first kappa shape index (κ1) is 17.3. The van der Waals surface area contributed by atoms with E-state index in [1.165, 1.54) is 19.1 Å². The molecule has 0 aliphatic carbocycles. The molecule has 2 aromatic carbocycles. The van der Waals surface area contributed by atoms with E-state index >= 15 is 0 Å². The van der Waals surface area contributed by atoms with E-state index in [-0.39, 0.29) is 17.9 Å². The molecule has 0 aliphatic rings. The fraction of sp³-hybridized carbons (Fsp3) is 0.167. The number of hydrogen-bond acceptors (Lipinski definition) is 5. The zero-order chi connectivity index (χ0) is 18.7. The molecule has 0 bridgehead atoms. The first-order valence-electron chi connectivity index (χ1n) is 7.91. The van der Waals surface area contributed by atoms with Crippen LogP contribution < -0.4 is 11.0 Å². The maximum Gasteiger partial charge on any atom is 0.323 e. The van der Waals surface area contributed by atoms with Gasteiger partial charge in [-0.05, 0) is 42.8 Å². The van der Waals surface area contributed by atoms with Gasteiger partial charge in [-0.3, -0.25) is 9.59 Å². The number of carbonyl (C=O) groups is 2.